The van der Waals surface area contributed by atoms with E-state index in [1.54, 1.807) is 12.1 Å². The molecule has 1 atom stereocenters. The topological polar surface area (TPSA) is 67.2 Å². The van der Waals surface area contributed by atoms with Crippen molar-refractivity contribution in [1.29, 1.82) is 0 Å². The number of aromatic nitrogens is 2. The van der Waals surface area contributed by atoms with Gasteiger partial charge in [-0.2, -0.15) is 0 Å². The molecule has 0 radical (unpaired) electrons. The van der Waals surface area contributed by atoms with Gasteiger partial charge in [-0.15, -0.1) is 0 Å². The first-order chi connectivity index (χ1) is 13.6. The number of nitrogens with zero attached hydrogens (tertiary/aromatic N) is 2. The number of phenolic OH excluding ortho intramolecular Hbond substituents is 1. The number of rotatable bonds is 3. The quantitative estimate of drug-likeness (QED) is 0.731. The maximum Gasteiger partial charge on any atom is 0.251 e. The van der Waals surface area contributed by atoms with E-state index in [1.165, 1.54) is 29.4 Å². The van der Waals surface area contributed by atoms with E-state index in [0.29, 0.717) is 5.56 Å². The lowest BCUT2D eigenvalue weighted by Crippen LogP contribution is -2.27. The van der Waals surface area contributed by atoms with Crippen molar-refractivity contribution in [1.82, 2.24) is 14.9 Å². The molecule has 28 heavy (non-hydrogen) atoms. The van der Waals surface area contributed by atoms with E-state index >= 15 is 0 Å². The van der Waals surface area contributed by atoms with Crippen LogP contribution in [-0.4, -0.2) is 20.6 Å². The Morgan fingerprint density at radius 1 is 1.21 bits per heavy atom. The minimum atomic E-state index is -0.153. The summed E-state index contributed by atoms with van der Waals surface area (Å²) >= 11 is 0. The molecule has 1 amide bonds. The Kier molecular flexibility index (Phi) is 3.97. The van der Waals surface area contributed by atoms with Crippen LogP contribution in [0.15, 0.2) is 42.6 Å². The van der Waals surface area contributed by atoms with E-state index in [0.717, 1.165) is 42.6 Å². The van der Waals surface area contributed by atoms with Crippen molar-refractivity contribution in [3.63, 3.8) is 0 Å². The van der Waals surface area contributed by atoms with Crippen molar-refractivity contribution >= 4 is 5.91 Å². The van der Waals surface area contributed by atoms with Gasteiger partial charge in [0.2, 0.25) is 0 Å². The van der Waals surface area contributed by atoms with Gasteiger partial charge in [-0.25, -0.2) is 4.98 Å². The fourth-order valence-electron chi connectivity index (χ4n) is 4.30. The second-order valence-corrected chi connectivity index (χ2v) is 7.82. The van der Waals surface area contributed by atoms with Crippen LogP contribution in [0.3, 0.4) is 0 Å². The predicted molar refractivity (Wildman–Crippen MR) is 107 cm³/mol. The van der Waals surface area contributed by atoms with Gasteiger partial charge >= 0.3 is 0 Å². The van der Waals surface area contributed by atoms with E-state index in [2.05, 4.69) is 34.3 Å². The molecule has 2 heterocycles. The summed E-state index contributed by atoms with van der Waals surface area (Å²) in [5.41, 5.74) is 5.83. The Balaban J connectivity index is 1.40. The fraction of sp³-hybridized carbons (Fsp3) is 0.304. The number of carbonyl (C=O) groups is 1. The molecule has 5 rings (SSSR count). The minimum absolute atomic E-state index is 0.0136. The Morgan fingerprint density at radius 3 is 2.93 bits per heavy atom. The average molecular weight is 373 g/mol. The van der Waals surface area contributed by atoms with Gasteiger partial charge in [-0.1, -0.05) is 18.2 Å². The zero-order valence-corrected chi connectivity index (χ0v) is 15.9. The summed E-state index contributed by atoms with van der Waals surface area (Å²) in [6.45, 7) is 2.87. The number of hydrogen-bond donors (Lipinski definition) is 2. The summed E-state index contributed by atoms with van der Waals surface area (Å²) in [4.78, 5) is 17.5. The lowest BCUT2D eigenvalue weighted by molar-refractivity contribution is 0.0936. The summed E-state index contributed by atoms with van der Waals surface area (Å²) < 4.78 is 2.24. The Bertz CT molecular complexity index is 1060. The number of aromatic hydroxyl groups is 1. The molecule has 5 nitrogen and oxygen atoms in total. The third kappa shape index (κ3) is 2.87. The molecule has 1 unspecified atom stereocenters. The highest BCUT2D eigenvalue weighted by molar-refractivity contribution is 5.95. The zero-order chi connectivity index (χ0) is 19.3. The number of fused-ring (bicyclic) bond motifs is 2. The third-order valence-corrected chi connectivity index (χ3v) is 5.95. The molecular formula is C23H23N3O2. The molecule has 0 bridgehead atoms. The normalized spacial score (nSPS) is 17.4. The van der Waals surface area contributed by atoms with Crippen LogP contribution in [0.4, 0.5) is 0 Å². The Hall–Kier alpha value is -3.08. The van der Waals surface area contributed by atoms with Crippen molar-refractivity contribution in [2.75, 3.05) is 0 Å². The summed E-state index contributed by atoms with van der Waals surface area (Å²) in [5, 5.41) is 13.0. The highest BCUT2D eigenvalue weighted by Crippen LogP contribution is 2.35. The molecule has 2 N–H and O–H groups in total. The van der Waals surface area contributed by atoms with Gasteiger partial charge in [0.05, 0.1) is 11.7 Å². The van der Waals surface area contributed by atoms with Crippen molar-refractivity contribution in [3.05, 3.63) is 70.7 Å². The van der Waals surface area contributed by atoms with Crippen LogP contribution in [0, 0.1) is 6.92 Å². The number of phenols is 1. The standard InChI is InChI=1S/C23H23N3O2/c1-14-4-5-17(12-21(14)27)23(28)25-19-9-8-15-6-7-16(11-18(15)19)20-13-26-10-2-3-22(26)24-20/h4-7,11-13,19,27H,2-3,8-10H2,1H3,(H,25,28). The first kappa shape index (κ1) is 17.0. The monoisotopic (exact) mass is 373 g/mol. The molecule has 2 aliphatic rings. The molecule has 1 aromatic heterocycles. The number of imidazole rings is 1. The number of benzene rings is 2. The molecule has 2 aromatic carbocycles. The maximum absolute atomic E-state index is 12.7. The van der Waals surface area contributed by atoms with Crippen LogP contribution in [0.2, 0.25) is 0 Å². The van der Waals surface area contributed by atoms with Crippen LogP contribution in [-0.2, 0) is 19.4 Å². The third-order valence-electron chi connectivity index (χ3n) is 5.95. The molecule has 0 fully saturated rings. The molecular weight excluding hydrogens is 350 g/mol. The van der Waals surface area contributed by atoms with Crippen molar-refractivity contribution in [3.8, 4) is 17.0 Å². The molecule has 142 valence electrons. The Labute approximate surface area is 164 Å². The molecule has 1 aliphatic carbocycles. The summed E-state index contributed by atoms with van der Waals surface area (Å²) in [6.07, 6.45) is 6.21. The lowest BCUT2D eigenvalue weighted by atomic mass is 10.0. The van der Waals surface area contributed by atoms with E-state index in [1.807, 2.05) is 6.92 Å². The number of aryl methyl sites for hydroxylation is 4. The van der Waals surface area contributed by atoms with Crippen LogP contribution in [0.1, 0.15) is 51.8 Å². The van der Waals surface area contributed by atoms with E-state index in [9.17, 15) is 9.90 Å². The first-order valence-electron chi connectivity index (χ1n) is 9.88. The SMILES string of the molecule is Cc1ccc(C(=O)NC2CCc3ccc(-c4cn5c(n4)CCC5)cc32)cc1O. The zero-order valence-electron chi connectivity index (χ0n) is 15.9. The van der Waals surface area contributed by atoms with Crippen LogP contribution in [0.25, 0.3) is 11.3 Å². The molecule has 0 saturated heterocycles. The van der Waals surface area contributed by atoms with Gasteiger partial charge in [0.1, 0.15) is 11.6 Å². The van der Waals surface area contributed by atoms with Gasteiger partial charge in [-0.3, -0.25) is 4.79 Å². The first-order valence-corrected chi connectivity index (χ1v) is 9.88. The number of amides is 1. The van der Waals surface area contributed by atoms with E-state index in [-0.39, 0.29) is 17.7 Å². The summed E-state index contributed by atoms with van der Waals surface area (Å²) in [5.74, 6) is 1.16. The molecule has 5 heteroatoms. The van der Waals surface area contributed by atoms with Crippen molar-refractivity contribution < 1.29 is 9.90 Å². The summed E-state index contributed by atoms with van der Waals surface area (Å²) in [6, 6.07) is 11.5. The number of carbonyl (C=O) groups excluding carboxylic acids is 1. The van der Waals surface area contributed by atoms with Gasteiger partial charge in [0, 0.05) is 30.3 Å². The largest absolute Gasteiger partial charge is 0.508 e. The summed E-state index contributed by atoms with van der Waals surface area (Å²) in [7, 11) is 0. The Morgan fingerprint density at radius 2 is 2.11 bits per heavy atom. The van der Waals surface area contributed by atoms with Crippen LogP contribution < -0.4 is 5.32 Å². The molecule has 0 spiro atoms. The maximum atomic E-state index is 12.7. The second-order valence-electron chi connectivity index (χ2n) is 7.82. The smallest absolute Gasteiger partial charge is 0.251 e. The van der Waals surface area contributed by atoms with Gasteiger partial charge < -0.3 is 15.0 Å². The highest BCUT2D eigenvalue weighted by Gasteiger charge is 2.25. The number of hydrogen-bond acceptors (Lipinski definition) is 3. The van der Waals surface area contributed by atoms with E-state index < -0.39 is 0 Å². The lowest BCUT2D eigenvalue weighted by Gasteiger charge is -2.15. The van der Waals surface area contributed by atoms with Gasteiger partial charge in [0.25, 0.3) is 5.91 Å². The van der Waals surface area contributed by atoms with E-state index in [4.69, 9.17) is 4.98 Å². The average Bonchev–Trinajstić information content (AvgIpc) is 3.38. The van der Waals surface area contributed by atoms with Crippen molar-refractivity contribution in [2.45, 2.75) is 45.2 Å². The number of nitrogens with one attached hydrogen (secondary N) is 1. The van der Waals surface area contributed by atoms with Crippen LogP contribution in [0.5, 0.6) is 5.75 Å². The highest BCUT2D eigenvalue weighted by atomic mass is 16.3. The molecule has 1 aliphatic heterocycles. The fourth-order valence-corrected chi connectivity index (χ4v) is 4.30. The molecule has 0 saturated carbocycles. The van der Waals surface area contributed by atoms with Crippen molar-refractivity contribution in [2.24, 2.45) is 0 Å². The van der Waals surface area contributed by atoms with Gasteiger partial charge in [-0.05, 0) is 61.1 Å². The predicted octanol–water partition coefficient (Wildman–Crippen LogP) is 3.93. The van der Waals surface area contributed by atoms with Crippen LogP contribution >= 0.6 is 0 Å². The minimum Gasteiger partial charge on any atom is -0.508 e. The second kappa shape index (κ2) is 6.51. The molecule has 3 aromatic rings. The van der Waals surface area contributed by atoms with Gasteiger partial charge in [0.15, 0.2) is 0 Å².